The van der Waals surface area contributed by atoms with Crippen LogP contribution in [0.25, 0.3) is 10.8 Å². The maximum Gasteiger partial charge on any atom is 0.273 e. The van der Waals surface area contributed by atoms with Crippen LogP contribution in [-0.2, 0) is 13.0 Å². The number of carbonyl (C=O) groups excluding carboxylic acids is 1. The number of nitrogens with zero attached hydrogens (tertiary/aromatic N) is 3. The maximum absolute atomic E-state index is 12.6. The summed E-state index contributed by atoms with van der Waals surface area (Å²) in [5.41, 5.74) is 4.20. The van der Waals surface area contributed by atoms with E-state index in [1.807, 2.05) is 31.5 Å². The third-order valence-corrected chi connectivity index (χ3v) is 6.05. The van der Waals surface area contributed by atoms with E-state index in [4.69, 9.17) is 0 Å². The summed E-state index contributed by atoms with van der Waals surface area (Å²) in [5, 5.41) is 2.31. The van der Waals surface area contributed by atoms with Crippen molar-refractivity contribution in [1.29, 1.82) is 0 Å². The van der Waals surface area contributed by atoms with Crippen LogP contribution in [0.15, 0.2) is 48.8 Å². The number of benzene rings is 1. The van der Waals surface area contributed by atoms with Gasteiger partial charge in [0, 0.05) is 41.6 Å². The Morgan fingerprint density at radius 1 is 1.00 bits per heavy atom. The Balaban J connectivity index is 0.000000192. The van der Waals surface area contributed by atoms with Crippen LogP contribution < -0.4 is 0 Å². The molecule has 4 heteroatoms. The molecule has 0 saturated heterocycles. The lowest BCUT2D eigenvalue weighted by Crippen LogP contribution is -2.36. The molecular weight excluding hydrogens is 358 g/mol. The molecule has 1 amide bonds. The molecule has 0 atom stereocenters. The van der Waals surface area contributed by atoms with Crippen LogP contribution in [0.1, 0.15) is 66.3 Å². The fraction of sp³-hybridized carbons (Fsp3) is 0.400. The highest BCUT2D eigenvalue weighted by Crippen LogP contribution is 2.33. The highest BCUT2D eigenvalue weighted by Gasteiger charge is 2.35. The van der Waals surface area contributed by atoms with Crippen molar-refractivity contribution >= 4 is 16.7 Å². The quantitative estimate of drug-likeness (QED) is 0.585. The first-order valence-electron chi connectivity index (χ1n) is 10.8. The van der Waals surface area contributed by atoms with Crippen molar-refractivity contribution in [2.75, 3.05) is 0 Å². The molecule has 0 radical (unpaired) electrons. The maximum atomic E-state index is 12.6. The van der Waals surface area contributed by atoms with Crippen LogP contribution in [0.4, 0.5) is 0 Å². The molecule has 29 heavy (non-hydrogen) atoms. The predicted molar refractivity (Wildman–Crippen MR) is 117 cm³/mol. The normalized spacial score (nSPS) is 16.5. The minimum atomic E-state index is 0.137. The fourth-order valence-corrected chi connectivity index (χ4v) is 4.34. The summed E-state index contributed by atoms with van der Waals surface area (Å²) >= 11 is 0. The van der Waals surface area contributed by atoms with Gasteiger partial charge < -0.3 is 4.90 Å². The van der Waals surface area contributed by atoms with E-state index in [0.29, 0.717) is 11.7 Å². The molecule has 4 nitrogen and oxygen atoms in total. The molecule has 2 aromatic heterocycles. The van der Waals surface area contributed by atoms with Gasteiger partial charge in [0.05, 0.1) is 0 Å². The first kappa shape index (κ1) is 19.6. The number of carbonyl (C=O) groups is 1. The van der Waals surface area contributed by atoms with Gasteiger partial charge >= 0.3 is 0 Å². The zero-order valence-electron chi connectivity index (χ0n) is 17.4. The molecular formula is C25H29N3O. The van der Waals surface area contributed by atoms with Gasteiger partial charge in [-0.25, -0.2) is 0 Å². The van der Waals surface area contributed by atoms with Crippen LogP contribution >= 0.6 is 0 Å². The molecule has 1 aromatic carbocycles. The number of rotatable bonds is 2. The Morgan fingerprint density at radius 2 is 1.79 bits per heavy atom. The van der Waals surface area contributed by atoms with E-state index < -0.39 is 0 Å². The number of aryl methyl sites for hydroxylation is 2. The fourth-order valence-electron chi connectivity index (χ4n) is 4.34. The standard InChI is InChI=1S/C17H18N2O.C8H11N/c20-17-16-15(11-19(17)13-7-2-1-3-8-13)14-9-5-4-6-12(14)10-18-16;1-3-8-5-4-7(2)6-9-8/h4-6,9-10,13H,1-3,7-8,11H2;4-6H,3H2,1-2H3. The molecule has 5 rings (SSSR count). The molecule has 2 aliphatic rings. The van der Waals surface area contributed by atoms with Crippen LogP contribution in [0, 0.1) is 6.92 Å². The minimum Gasteiger partial charge on any atom is -0.330 e. The lowest BCUT2D eigenvalue weighted by Gasteiger charge is -2.30. The van der Waals surface area contributed by atoms with Crippen molar-refractivity contribution < 1.29 is 4.79 Å². The van der Waals surface area contributed by atoms with E-state index in [2.05, 4.69) is 46.1 Å². The number of amides is 1. The molecule has 0 unspecified atom stereocenters. The van der Waals surface area contributed by atoms with Crippen molar-refractivity contribution in [3.63, 3.8) is 0 Å². The second-order valence-electron chi connectivity index (χ2n) is 8.08. The van der Waals surface area contributed by atoms with E-state index in [0.717, 1.165) is 36.8 Å². The van der Waals surface area contributed by atoms with Crippen LogP contribution in [0.3, 0.4) is 0 Å². The van der Waals surface area contributed by atoms with E-state index >= 15 is 0 Å². The van der Waals surface area contributed by atoms with Gasteiger partial charge in [0.1, 0.15) is 5.69 Å². The molecule has 150 valence electrons. The molecule has 0 N–H and O–H groups in total. The first-order chi connectivity index (χ1) is 14.2. The molecule has 1 aliphatic heterocycles. The molecule has 0 spiro atoms. The third kappa shape index (κ3) is 4.16. The summed E-state index contributed by atoms with van der Waals surface area (Å²) in [5.74, 6) is 0.137. The summed E-state index contributed by atoms with van der Waals surface area (Å²) in [6.45, 7) is 4.90. The number of aromatic nitrogens is 2. The van der Waals surface area contributed by atoms with Gasteiger partial charge in [0.15, 0.2) is 0 Å². The van der Waals surface area contributed by atoms with Crippen molar-refractivity contribution in [2.24, 2.45) is 0 Å². The van der Waals surface area contributed by atoms with Gasteiger partial charge in [-0.3, -0.25) is 14.8 Å². The highest BCUT2D eigenvalue weighted by atomic mass is 16.2. The third-order valence-electron chi connectivity index (χ3n) is 6.05. The first-order valence-corrected chi connectivity index (χ1v) is 10.8. The van der Waals surface area contributed by atoms with Crippen molar-refractivity contribution in [2.45, 2.75) is 65.0 Å². The van der Waals surface area contributed by atoms with E-state index in [1.54, 1.807) is 0 Å². The lowest BCUT2D eigenvalue weighted by atomic mass is 9.94. The molecule has 1 fully saturated rings. The Hall–Kier alpha value is -2.75. The van der Waals surface area contributed by atoms with Crippen LogP contribution in [0.2, 0.25) is 0 Å². The lowest BCUT2D eigenvalue weighted by molar-refractivity contribution is 0.0656. The smallest absolute Gasteiger partial charge is 0.273 e. The van der Waals surface area contributed by atoms with Gasteiger partial charge in [-0.05, 0) is 43.2 Å². The van der Waals surface area contributed by atoms with Gasteiger partial charge in [0.2, 0.25) is 0 Å². The largest absolute Gasteiger partial charge is 0.330 e. The van der Waals surface area contributed by atoms with Gasteiger partial charge in [-0.1, -0.05) is 56.5 Å². The van der Waals surface area contributed by atoms with Gasteiger partial charge in [0.25, 0.3) is 5.91 Å². The second kappa shape index (κ2) is 8.73. The molecule has 3 heterocycles. The van der Waals surface area contributed by atoms with Crippen LogP contribution in [0.5, 0.6) is 0 Å². The summed E-state index contributed by atoms with van der Waals surface area (Å²) in [7, 11) is 0. The summed E-state index contributed by atoms with van der Waals surface area (Å²) in [4.78, 5) is 23.3. The highest BCUT2D eigenvalue weighted by molar-refractivity contribution is 6.02. The number of pyridine rings is 2. The van der Waals surface area contributed by atoms with Gasteiger partial charge in [-0.2, -0.15) is 0 Å². The monoisotopic (exact) mass is 387 g/mol. The Bertz CT molecular complexity index is 991. The van der Waals surface area contributed by atoms with E-state index in [-0.39, 0.29) is 5.91 Å². The van der Waals surface area contributed by atoms with Gasteiger partial charge in [-0.15, -0.1) is 0 Å². The Kier molecular flexibility index (Phi) is 5.89. The second-order valence-corrected chi connectivity index (χ2v) is 8.08. The Labute approximate surface area is 173 Å². The summed E-state index contributed by atoms with van der Waals surface area (Å²) < 4.78 is 0. The van der Waals surface area contributed by atoms with Crippen molar-refractivity contribution in [3.8, 4) is 0 Å². The minimum absolute atomic E-state index is 0.137. The number of fused-ring (bicyclic) bond motifs is 3. The van der Waals surface area contributed by atoms with E-state index in [1.165, 1.54) is 35.9 Å². The zero-order valence-corrected chi connectivity index (χ0v) is 17.4. The molecule has 3 aromatic rings. The zero-order chi connectivity index (χ0) is 20.2. The summed E-state index contributed by atoms with van der Waals surface area (Å²) in [6.07, 6.45) is 10.9. The number of hydrogen-bond acceptors (Lipinski definition) is 3. The molecule has 1 saturated carbocycles. The average molecular weight is 388 g/mol. The molecule has 0 bridgehead atoms. The predicted octanol–water partition coefficient (Wildman–Crippen LogP) is 5.48. The van der Waals surface area contributed by atoms with E-state index in [9.17, 15) is 4.79 Å². The Morgan fingerprint density at radius 3 is 2.52 bits per heavy atom. The van der Waals surface area contributed by atoms with Crippen LogP contribution in [-0.4, -0.2) is 26.8 Å². The topological polar surface area (TPSA) is 46.1 Å². The molecule has 1 aliphatic carbocycles. The SMILES string of the molecule is CCc1ccc(C)cn1.O=C1c2ncc3ccccc3c2CN1C1CCCCC1. The average Bonchev–Trinajstić information content (AvgIpc) is 3.12. The summed E-state index contributed by atoms with van der Waals surface area (Å²) in [6, 6.07) is 12.8. The van der Waals surface area contributed by atoms with Crippen molar-refractivity contribution in [3.05, 3.63) is 71.3 Å². The number of hydrogen-bond donors (Lipinski definition) is 0. The van der Waals surface area contributed by atoms with Crippen molar-refractivity contribution in [1.82, 2.24) is 14.9 Å².